The summed E-state index contributed by atoms with van der Waals surface area (Å²) in [5.41, 5.74) is 1.63. The summed E-state index contributed by atoms with van der Waals surface area (Å²) in [7, 11) is 0. The van der Waals surface area contributed by atoms with Crippen molar-refractivity contribution in [3.8, 4) is 5.69 Å². The number of benzene rings is 2. The first-order valence-corrected chi connectivity index (χ1v) is 7.31. The van der Waals surface area contributed by atoms with Crippen molar-refractivity contribution < 1.29 is 9.18 Å². The topological polar surface area (TPSA) is 46.9 Å². The number of carbonyl (C=O) groups is 1. The maximum absolute atomic E-state index is 13.5. The lowest BCUT2D eigenvalue weighted by Crippen LogP contribution is -2.16. The first-order valence-electron chi connectivity index (χ1n) is 6.93. The number of nitrogens with one attached hydrogen (secondary N) is 1. The van der Waals surface area contributed by atoms with Crippen LogP contribution in [0.25, 0.3) is 5.69 Å². The Morgan fingerprint density at radius 3 is 2.65 bits per heavy atom. The monoisotopic (exact) mass is 329 g/mol. The molecule has 3 rings (SSSR count). The second-order valence-electron chi connectivity index (χ2n) is 4.97. The molecule has 0 saturated heterocycles. The van der Waals surface area contributed by atoms with Gasteiger partial charge in [0.05, 0.1) is 22.0 Å². The zero-order valence-electron chi connectivity index (χ0n) is 12.3. The largest absolute Gasteiger partial charge is 0.306 e. The van der Waals surface area contributed by atoms with Crippen molar-refractivity contribution in [2.75, 3.05) is 5.32 Å². The number of anilines is 1. The predicted molar refractivity (Wildman–Crippen MR) is 87.7 cm³/mol. The minimum atomic E-state index is -0.632. The molecule has 0 unspecified atom stereocenters. The molecule has 3 aromatic rings. The summed E-state index contributed by atoms with van der Waals surface area (Å²) < 4.78 is 15.1. The summed E-state index contributed by atoms with van der Waals surface area (Å²) in [4.78, 5) is 12.4. The smallest absolute Gasteiger partial charge is 0.258 e. The number of hydrogen-bond donors (Lipinski definition) is 1. The summed E-state index contributed by atoms with van der Waals surface area (Å²) in [5.74, 6) is -0.641. The quantitative estimate of drug-likeness (QED) is 0.781. The Hall–Kier alpha value is -2.66. The van der Waals surface area contributed by atoms with Gasteiger partial charge in [0.2, 0.25) is 0 Å². The van der Waals surface area contributed by atoms with E-state index in [0.717, 1.165) is 11.4 Å². The summed E-state index contributed by atoms with van der Waals surface area (Å²) in [6.45, 7) is 1.82. The first-order chi connectivity index (χ1) is 11.1. The Bertz CT molecular complexity index is 862. The van der Waals surface area contributed by atoms with E-state index >= 15 is 0 Å². The molecule has 0 spiro atoms. The molecule has 23 heavy (non-hydrogen) atoms. The van der Waals surface area contributed by atoms with Gasteiger partial charge in [0, 0.05) is 6.07 Å². The SMILES string of the molecule is Cc1cc(NC(=O)c2cccc(F)c2Cl)n(-c2ccccc2)n1. The van der Waals surface area contributed by atoms with Crippen molar-refractivity contribution in [2.45, 2.75) is 6.92 Å². The van der Waals surface area contributed by atoms with E-state index < -0.39 is 11.7 Å². The second-order valence-corrected chi connectivity index (χ2v) is 5.35. The molecule has 0 fully saturated rings. The van der Waals surface area contributed by atoms with E-state index in [1.165, 1.54) is 18.2 Å². The van der Waals surface area contributed by atoms with Crippen LogP contribution in [0.2, 0.25) is 5.02 Å². The summed E-state index contributed by atoms with van der Waals surface area (Å²) in [6, 6.07) is 15.2. The number of hydrogen-bond acceptors (Lipinski definition) is 2. The average molecular weight is 330 g/mol. The Morgan fingerprint density at radius 2 is 1.91 bits per heavy atom. The summed E-state index contributed by atoms with van der Waals surface area (Å²) >= 11 is 5.86. The maximum Gasteiger partial charge on any atom is 0.258 e. The van der Waals surface area contributed by atoms with E-state index in [-0.39, 0.29) is 10.6 Å². The third kappa shape index (κ3) is 3.10. The molecule has 0 aliphatic rings. The van der Waals surface area contributed by atoms with Crippen LogP contribution < -0.4 is 5.32 Å². The molecule has 1 heterocycles. The zero-order valence-corrected chi connectivity index (χ0v) is 13.0. The van der Waals surface area contributed by atoms with E-state index in [2.05, 4.69) is 10.4 Å². The van der Waals surface area contributed by atoms with E-state index in [1.54, 1.807) is 10.7 Å². The van der Waals surface area contributed by atoms with Gasteiger partial charge in [-0.25, -0.2) is 9.07 Å². The molecule has 0 atom stereocenters. The third-order valence-corrected chi connectivity index (χ3v) is 3.65. The van der Waals surface area contributed by atoms with Crippen molar-refractivity contribution in [3.63, 3.8) is 0 Å². The molecular weight excluding hydrogens is 317 g/mol. The van der Waals surface area contributed by atoms with Crippen molar-refractivity contribution in [1.29, 1.82) is 0 Å². The molecule has 6 heteroatoms. The van der Waals surface area contributed by atoms with Crippen LogP contribution in [-0.4, -0.2) is 15.7 Å². The number of halogens is 2. The molecule has 0 radical (unpaired) electrons. The van der Waals surface area contributed by atoms with Gasteiger partial charge in [-0.15, -0.1) is 0 Å². The van der Waals surface area contributed by atoms with Gasteiger partial charge in [0.1, 0.15) is 11.6 Å². The lowest BCUT2D eigenvalue weighted by Gasteiger charge is -2.10. The fraction of sp³-hybridized carbons (Fsp3) is 0.0588. The molecule has 0 bridgehead atoms. The minimum Gasteiger partial charge on any atom is -0.306 e. The highest BCUT2D eigenvalue weighted by atomic mass is 35.5. The van der Waals surface area contributed by atoms with Crippen molar-refractivity contribution in [3.05, 3.63) is 76.7 Å². The van der Waals surface area contributed by atoms with E-state index in [4.69, 9.17) is 11.6 Å². The van der Waals surface area contributed by atoms with E-state index in [0.29, 0.717) is 5.82 Å². The Morgan fingerprint density at radius 1 is 1.17 bits per heavy atom. The number of nitrogens with zero attached hydrogens (tertiary/aromatic N) is 2. The Kier molecular flexibility index (Phi) is 4.12. The van der Waals surface area contributed by atoms with Crippen LogP contribution in [-0.2, 0) is 0 Å². The standard InChI is InChI=1S/C17H13ClFN3O/c1-11-10-15(22(21-11)12-6-3-2-4-7-12)20-17(23)13-8-5-9-14(19)16(13)18/h2-10H,1H3,(H,20,23). The predicted octanol–water partition coefficient (Wildman–Crippen LogP) is 4.23. The van der Waals surface area contributed by atoms with Crippen LogP contribution in [0.4, 0.5) is 10.2 Å². The normalized spacial score (nSPS) is 10.6. The van der Waals surface area contributed by atoms with Gasteiger partial charge >= 0.3 is 0 Å². The molecular formula is C17H13ClFN3O. The second kappa shape index (κ2) is 6.22. The van der Waals surface area contributed by atoms with Crippen LogP contribution in [0, 0.1) is 12.7 Å². The van der Waals surface area contributed by atoms with Gasteiger partial charge in [0.15, 0.2) is 0 Å². The lowest BCUT2D eigenvalue weighted by molar-refractivity contribution is 0.102. The van der Waals surface area contributed by atoms with E-state index in [9.17, 15) is 9.18 Å². The number of aryl methyl sites for hydroxylation is 1. The van der Waals surface area contributed by atoms with Gasteiger partial charge in [-0.3, -0.25) is 4.79 Å². The number of rotatable bonds is 3. The fourth-order valence-electron chi connectivity index (χ4n) is 2.22. The van der Waals surface area contributed by atoms with Gasteiger partial charge in [-0.1, -0.05) is 35.9 Å². The molecule has 0 aliphatic heterocycles. The fourth-order valence-corrected chi connectivity index (χ4v) is 2.43. The van der Waals surface area contributed by atoms with E-state index in [1.807, 2.05) is 37.3 Å². The van der Waals surface area contributed by atoms with Crippen molar-refractivity contribution >= 4 is 23.3 Å². The molecule has 2 aromatic carbocycles. The molecule has 0 aliphatic carbocycles. The van der Waals surface area contributed by atoms with Crippen molar-refractivity contribution in [1.82, 2.24) is 9.78 Å². The Labute approximate surface area is 137 Å². The molecule has 0 saturated carbocycles. The number of aromatic nitrogens is 2. The molecule has 1 aromatic heterocycles. The summed E-state index contributed by atoms with van der Waals surface area (Å²) in [6.07, 6.45) is 0. The number of amides is 1. The molecule has 4 nitrogen and oxygen atoms in total. The van der Waals surface area contributed by atoms with Crippen LogP contribution in [0.5, 0.6) is 0 Å². The van der Waals surface area contributed by atoms with Crippen LogP contribution in [0.1, 0.15) is 16.1 Å². The van der Waals surface area contributed by atoms with Gasteiger partial charge in [-0.2, -0.15) is 5.10 Å². The van der Waals surface area contributed by atoms with Crippen molar-refractivity contribution in [2.24, 2.45) is 0 Å². The minimum absolute atomic E-state index is 0.0742. The maximum atomic E-state index is 13.5. The lowest BCUT2D eigenvalue weighted by atomic mass is 10.2. The summed E-state index contributed by atoms with van der Waals surface area (Å²) in [5, 5.41) is 6.89. The van der Waals surface area contributed by atoms with Gasteiger partial charge in [0.25, 0.3) is 5.91 Å². The van der Waals surface area contributed by atoms with Gasteiger partial charge < -0.3 is 5.32 Å². The van der Waals surface area contributed by atoms with Crippen LogP contribution >= 0.6 is 11.6 Å². The highest BCUT2D eigenvalue weighted by molar-refractivity contribution is 6.34. The molecule has 1 amide bonds. The zero-order chi connectivity index (χ0) is 16.4. The first kappa shape index (κ1) is 15.2. The van der Waals surface area contributed by atoms with Gasteiger partial charge in [-0.05, 0) is 31.2 Å². The molecule has 116 valence electrons. The average Bonchev–Trinajstić information content (AvgIpc) is 2.91. The highest BCUT2D eigenvalue weighted by Crippen LogP contribution is 2.22. The van der Waals surface area contributed by atoms with Crippen LogP contribution in [0.15, 0.2) is 54.6 Å². The number of carbonyl (C=O) groups excluding carboxylic acids is 1. The third-order valence-electron chi connectivity index (χ3n) is 3.27. The highest BCUT2D eigenvalue weighted by Gasteiger charge is 2.16. The molecule has 1 N–H and O–H groups in total. The Balaban J connectivity index is 1.95. The van der Waals surface area contributed by atoms with Crippen LogP contribution in [0.3, 0.4) is 0 Å². The number of para-hydroxylation sites is 1.